The Kier molecular flexibility index (Phi) is 1.61. The third kappa shape index (κ3) is 1.15. The van der Waals surface area contributed by atoms with Crippen LogP contribution in [-0.4, -0.2) is 10.1 Å². The maximum Gasteiger partial charge on any atom is 0.251 e. The van der Waals surface area contributed by atoms with Gasteiger partial charge in [-0.15, -0.1) is 11.3 Å². The molecular formula is C11H7NO2S. The van der Waals surface area contributed by atoms with Crippen molar-refractivity contribution in [2.75, 3.05) is 0 Å². The molecule has 0 bridgehead atoms. The lowest BCUT2D eigenvalue weighted by Gasteiger charge is -1.92. The molecule has 2 aromatic heterocycles. The summed E-state index contributed by atoms with van der Waals surface area (Å²) in [6.45, 7) is 0. The molecule has 3 nitrogen and oxygen atoms in total. The Morgan fingerprint density at radius 2 is 2.00 bits per heavy atom. The zero-order valence-electron chi connectivity index (χ0n) is 7.65. The summed E-state index contributed by atoms with van der Waals surface area (Å²) in [5, 5.41) is 11.4. The van der Waals surface area contributed by atoms with Gasteiger partial charge in [0.1, 0.15) is 0 Å². The van der Waals surface area contributed by atoms with Gasteiger partial charge in [0.15, 0.2) is 0 Å². The van der Waals surface area contributed by atoms with E-state index in [0.29, 0.717) is 0 Å². The Morgan fingerprint density at radius 1 is 1.20 bits per heavy atom. The lowest BCUT2D eigenvalue weighted by Crippen LogP contribution is -2.01. The molecule has 0 saturated heterocycles. The second-order valence-corrected chi connectivity index (χ2v) is 4.38. The minimum Gasteiger partial charge on any atom is -0.493 e. The summed E-state index contributed by atoms with van der Waals surface area (Å²) in [5.41, 5.74) is -0.274. The van der Waals surface area contributed by atoms with Crippen molar-refractivity contribution in [3.05, 3.63) is 40.7 Å². The van der Waals surface area contributed by atoms with Crippen LogP contribution >= 0.6 is 11.3 Å². The third-order valence-electron chi connectivity index (χ3n) is 2.37. The Bertz CT molecular complexity index is 711. The van der Waals surface area contributed by atoms with Crippen LogP contribution < -0.4 is 5.56 Å². The summed E-state index contributed by atoms with van der Waals surface area (Å²) in [7, 11) is 0. The van der Waals surface area contributed by atoms with Crippen molar-refractivity contribution in [3.63, 3.8) is 0 Å². The van der Waals surface area contributed by atoms with E-state index in [4.69, 9.17) is 0 Å². The number of hydrogen-bond acceptors (Lipinski definition) is 3. The number of aromatic nitrogens is 1. The van der Waals surface area contributed by atoms with E-state index in [0.717, 1.165) is 20.2 Å². The Balaban J connectivity index is 2.66. The summed E-state index contributed by atoms with van der Waals surface area (Å²) >= 11 is 1.48. The minimum absolute atomic E-state index is 0.0429. The molecule has 4 heteroatoms. The second-order valence-electron chi connectivity index (χ2n) is 3.32. The van der Waals surface area contributed by atoms with Gasteiger partial charge in [0.05, 0.1) is 4.70 Å². The highest BCUT2D eigenvalue weighted by Gasteiger charge is 2.08. The average Bonchev–Trinajstić information content (AvgIpc) is 2.57. The molecule has 0 unspecified atom stereocenters. The Hall–Kier alpha value is -1.81. The molecule has 74 valence electrons. The first-order chi connectivity index (χ1) is 7.25. The van der Waals surface area contributed by atoms with Gasteiger partial charge >= 0.3 is 0 Å². The average molecular weight is 217 g/mol. The quantitative estimate of drug-likeness (QED) is 0.607. The lowest BCUT2D eigenvalue weighted by atomic mass is 10.2. The molecule has 0 spiro atoms. The van der Waals surface area contributed by atoms with Crippen LogP contribution in [0.15, 0.2) is 35.1 Å². The lowest BCUT2D eigenvalue weighted by molar-refractivity contribution is 0.460. The highest BCUT2D eigenvalue weighted by molar-refractivity contribution is 7.26. The van der Waals surface area contributed by atoms with Crippen molar-refractivity contribution in [1.29, 1.82) is 0 Å². The van der Waals surface area contributed by atoms with Crippen molar-refractivity contribution in [2.45, 2.75) is 0 Å². The molecule has 3 rings (SSSR count). The van der Waals surface area contributed by atoms with Gasteiger partial charge in [-0.05, 0) is 6.07 Å². The zero-order valence-corrected chi connectivity index (χ0v) is 8.47. The number of nitrogens with one attached hydrogen (secondary N) is 1. The molecule has 0 aliphatic rings. The number of aromatic hydroxyl groups is 1. The molecule has 2 N–H and O–H groups in total. The Morgan fingerprint density at radius 3 is 2.87 bits per heavy atom. The molecule has 1 aromatic carbocycles. The van der Waals surface area contributed by atoms with E-state index in [-0.39, 0.29) is 11.4 Å². The summed E-state index contributed by atoms with van der Waals surface area (Å²) in [6, 6.07) is 9.31. The third-order valence-corrected chi connectivity index (χ3v) is 3.56. The van der Waals surface area contributed by atoms with Gasteiger partial charge in [-0.3, -0.25) is 9.78 Å². The predicted octanol–water partition coefficient (Wildman–Crippen LogP) is 2.45. The number of thiophene rings is 1. The number of aromatic amines is 1. The molecule has 2 heterocycles. The first-order valence-corrected chi connectivity index (χ1v) is 5.31. The normalized spacial score (nSPS) is 11.2. The highest BCUT2D eigenvalue weighted by Crippen LogP contribution is 2.36. The summed E-state index contributed by atoms with van der Waals surface area (Å²) in [5.74, 6) is -0.0429. The van der Waals surface area contributed by atoms with Crippen molar-refractivity contribution in [2.24, 2.45) is 0 Å². The molecule has 0 saturated carbocycles. The van der Waals surface area contributed by atoms with E-state index in [9.17, 15) is 9.90 Å². The smallest absolute Gasteiger partial charge is 0.251 e. The number of fused-ring (bicyclic) bond motifs is 3. The molecular weight excluding hydrogens is 210 g/mol. The maximum atomic E-state index is 11.2. The van der Waals surface area contributed by atoms with Crippen molar-refractivity contribution >= 4 is 31.5 Å². The fraction of sp³-hybridized carbons (Fsp3) is 0. The molecule has 0 radical (unpaired) electrons. The number of pyridine rings is 1. The monoisotopic (exact) mass is 217 g/mol. The van der Waals surface area contributed by atoms with Crippen molar-refractivity contribution in [1.82, 2.24) is 4.98 Å². The maximum absolute atomic E-state index is 11.2. The van der Waals surface area contributed by atoms with Gasteiger partial charge in [0.2, 0.25) is 5.88 Å². The van der Waals surface area contributed by atoms with E-state index in [2.05, 4.69) is 4.98 Å². The molecule has 0 aliphatic carbocycles. The summed E-state index contributed by atoms with van der Waals surface area (Å²) < 4.78 is 1.80. The van der Waals surface area contributed by atoms with Crippen LogP contribution in [0.1, 0.15) is 0 Å². The largest absolute Gasteiger partial charge is 0.493 e. The second kappa shape index (κ2) is 2.84. The number of benzene rings is 1. The van der Waals surface area contributed by atoms with Crippen molar-refractivity contribution < 1.29 is 5.11 Å². The van der Waals surface area contributed by atoms with E-state index in [1.807, 2.05) is 24.3 Å². The van der Waals surface area contributed by atoms with Gasteiger partial charge < -0.3 is 5.11 Å². The number of H-pyrrole nitrogens is 1. The van der Waals surface area contributed by atoms with Crippen LogP contribution in [0.25, 0.3) is 20.2 Å². The van der Waals surface area contributed by atoms with E-state index < -0.39 is 0 Å². The van der Waals surface area contributed by atoms with Crippen LogP contribution in [0.5, 0.6) is 5.88 Å². The van der Waals surface area contributed by atoms with Gasteiger partial charge in [0.25, 0.3) is 5.56 Å². The fourth-order valence-electron chi connectivity index (χ4n) is 1.73. The standard InChI is InChI=1S/C11H7NO2S/c13-9-5-7-6-3-1-2-4-8(6)15-10(7)11(14)12-9/h1-5H,(H2,12,13,14). The molecule has 0 aliphatic heterocycles. The van der Waals surface area contributed by atoms with Crippen LogP contribution in [0.2, 0.25) is 0 Å². The van der Waals surface area contributed by atoms with E-state index >= 15 is 0 Å². The first-order valence-electron chi connectivity index (χ1n) is 4.49. The van der Waals surface area contributed by atoms with Crippen LogP contribution in [0, 0.1) is 0 Å². The van der Waals surface area contributed by atoms with Gasteiger partial charge in [-0.2, -0.15) is 0 Å². The molecule has 15 heavy (non-hydrogen) atoms. The summed E-state index contributed by atoms with van der Waals surface area (Å²) in [4.78, 5) is 13.6. The van der Waals surface area contributed by atoms with Gasteiger partial charge in [-0.1, -0.05) is 18.2 Å². The van der Waals surface area contributed by atoms with Crippen LogP contribution in [-0.2, 0) is 0 Å². The Labute approximate surface area is 88.6 Å². The molecule has 0 atom stereocenters. The highest BCUT2D eigenvalue weighted by atomic mass is 32.1. The molecule has 3 aromatic rings. The van der Waals surface area contributed by atoms with E-state index in [1.165, 1.54) is 17.4 Å². The topological polar surface area (TPSA) is 53.1 Å². The molecule has 0 amide bonds. The van der Waals surface area contributed by atoms with Gasteiger partial charge in [-0.25, -0.2) is 0 Å². The van der Waals surface area contributed by atoms with E-state index in [1.54, 1.807) is 0 Å². The first kappa shape index (κ1) is 8.49. The molecule has 0 fully saturated rings. The SMILES string of the molecule is O=c1cc2c(sc3ccccc32)c(O)[nH]1. The minimum atomic E-state index is -0.274. The number of hydrogen-bond donors (Lipinski definition) is 2. The van der Waals surface area contributed by atoms with Crippen LogP contribution in [0.3, 0.4) is 0 Å². The zero-order chi connectivity index (χ0) is 10.4. The summed E-state index contributed by atoms with van der Waals surface area (Å²) in [6.07, 6.45) is 0. The number of rotatable bonds is 0. The predicted molar refractivity (Wildman–Crippen MR) is 61.6 cm³/mol. The van der Waals surface area contributed by atoms with Crippen LogP contribution in [0.4, 0.5) is 0 Å². The fourth-order valence-corrected chi connectivity index (χ4v) is 2.81. The van der Waals surface area contributed by atoms with Gasteiger partial charge in [0, 0.05) is 21.5 Å². The van der Waals surface area contributed by atoms with Crippen molar-refractivity contribution in [3.8, 4) is 5.88 Å².